The van der Waals surface area contributed by atoms with Gasteiger partial charge in [0.05, 0.1) is 6.61 Å². The van der Waals surface area contributed by atoms with Crippen molar-refractivity contribution < 1.29 is 4.74 Å². The molecule has 2 heterocycles. The summed E-state index contributed by atoms with van der Waals surface area (Å²) < 4.78 is 5.91. The minimum atomic E-state index is -0.0325. The van der Waals surface area contributed by atoms with Crippen molar-refractivity contribution >= 4 is 0 Å². The van der Waals surface area contributed by atoms with Gasteiger partial charge in [0, 0.05) is 24.5 Å². The van der Waals surface area contributed by atoms with Gasteiger partial charge in [0.15, 0.2) is 11.6 Å². The van der Waals surface area contributed by atoms with Gasteiger partial charge in [0.25, 0.3) is 0 Å². The van der Waals surface area contributed by atoms with Crippen molar-refractivity contribution in [3.63, 3.8) is 0 Å². The van der Waals surface area contributed by atoms with E-state index in [2.05, 4.69) is 53.0 Å². The Balaban J connectivity index is 1.69. The van der Waals surface area contributed by atoms with Crippen LogP contribution in [0.3, 0.4) is 0 Å². The van der Waals surface area contributed by atoms with Crippen LogP contribution in [0.4, 0.5) is 0 Å². The normalized spacial score (nSPS) is 28.0. The molecule has 116 valence electrons. The molecule has 1 aromatic heterocycles. The SMILES string of the molecule is CC(C)(C)c1n[nH]c(C2CN(C3C=CCCC3)CCO2)n1. The number of hydrogen-bond acceptors (Lipinski definition) is 4. The zero-order chi connectivity index (χ0) is 14.9. The number of aromatic amines is 1. The Morgan fingerprint density at radius 2 is 2.24 bits per heavy atom. The summed E-state index contributed by atoms with van der Waals surface area (Å²) in [5, 5.41) is 7.43. The van der Waals surface area contributed by atoms with E-state index in [0.717, 1.165) is 31.3 Å². The molecule has 0 amide bonds. The number of aromatic nitrogens is 3. The van der Waals surface area contributed by atoms with Gasteiger partial charge in [-0.25, -0.2) is 4.98 Å². The molecule has 2 unspecified atom stereocenters. The third kappa shape index (κ3) is 3.35. The highest BCUT2D eigenvalue weighted by Crippen LogP contribution is 2.26. The summed E-state index contributed by atoms with van der Waals surface area (Å²) in [6.07, 6.45) is 8.45. The number of allylic oxidation sites excluding steroid dienone is 1. The molecule has 1 aliphatic heterocycles. The average Bonchev–Trinajstić information content (AvgIpc) is 2.98. The summed E-state index contributed by atoms with van der Waals surface area (Å²) >= 11 is 0. The molecule has 0 saturated carbocycles. The monoisotopic (exact) mass is 290 g/mol. The zero-order valence-electron chi connectivity index (χ0n) is 13.3. The molecule has 2 atom stereocenters. The Hall–Kier alpha value is -1.20. The maximum Gasteiger partial charge on any atom is 0.156 e. The summed E-state index contributed by atoms with van der Waals surface area (Å²) in [5.41, 5.74) is -0.0325. The number of morpholine rings is 1. The highest BCUT2D eigenvalue weighted by molar-refractivity contribution is 5.06. The first-order valence-electron chi connectivity index (χ1n) is 7.99. The van der Waals surface area contributed by atoms with Gasteiger partial charge in [-0.2, -0.15) is 5.10 Å². The quantitative estimate of drug-likeness (QED) is 0.851. The lowest BCUT2D eigenvalue weighted by Gasteiger charge is -2.37. The average molecular weight is 290 g/mol. The molecule has 0 radical (unpaired) electrons. The maximum absolute atomic E-state index is 5.91. The van der Waals surface area contributed by atoms with Crippen LogP contribution >= 0.6 is 0 Å². The molecule has 1 fully saturated rings. The van der Waals surface area contributed by atoms with E-state index in [1.807, 2.05) is 0 Å². The second-order valence-electron chi connectivity index (χ2n) is 7.08. The number of nitrogens with zero attached hydrogens (tertiary/aromatic N) is 3. The van der Waals surface area contributed by atoms with Crippen LogP contribution in [0, 0.1) is 0 Å². The lowest BCUT2D eigenvalue weighted by atomic mass is 9.96. The van der Waals surface area contributed by atoms with Crippen molar-refractivity contribution in [3.8, 4) is 0 Å². The Bertz CT molecular complexity index is 503. The predicted molar refractivity (Wildman–Crippen MR) is 82.1 cm³/mol. The van der Waals surface area contributed by atoms with E-state index in [1.165, 1.54) is 19.3 Å². The Morgan fingerprint density at radius 1 is 1.38 bits per heavy atom. The fourth-order valence-corrected chi connectivity index (χ4v) is 2.99. The lowest BCUT2D eigenvalue weighted by Crippen LogP contribution is -2.44. The molecule has 1 N–H and O–H groups in total. The van der Waals surface area contributed by atoms with Crippen molar-refractivity contribution in [2.75, 3.05) is 19.7 Å². The van der Waals surface area contributed by atoms with Gasteiger partial charge in [-0.15, -0.1) is 0 Å². The first-order valence-corrected chi connectivity index (χ1v) is 7.99. The van der Waals surface area contributed by atoms with Crippen molar-refractivity contribution in [1.82, 2.24) is 20.1 Å². The predicted octanol–water partition coefficient (Wildman–Crippen LogP) is 2.58. The summed E-state index contributed by atoms with van der Waals surface area (Å²) in [5.74, 6) is 1.72. The zero-order valence-corrected chi connectivity index (χ0v) is 13.3. The number of hydrogen-bond donors (Lipinski definition) is 1. The van der Waals surface area contributed by atoms with E-state index in [9.17, 15) is 0 Å². The van der Waals surface area contributed by atoms with Crippen LogP contribution in [0.2, 0.25) is 0 Å². The first-order chi connectivity index (χ1) is 10.0. The highest BCUT2D eigenvalue weighted by Gasteiger charge is 2.30. The van der Waals surface area contributed by atoms with E-state index >= 15 is 0 Å². The number of nitrogens with one attached hydrogen (secondary N) is 1. The van der Waals surface area contributed by atoms with Gasteiger partial charge < -0.3 is 4.74 Å². The Morgan fingerprint density at radius 3 is 2.90 bits per heavy atom. The third-order valence-electron chi connectivity index (χ3n) is 4.27. The van der Waals surface area contributed by atoms with Crippen LogP contribution < -0.4 is 0 Å². The van der Waals surface area contributed by atoms with Crippen molar-refractivity contribution in [2.24, 2.45) is 0 Å². The lowest BCUT2D eigenvalue weighted by molar-refractivity contribution is -0.0442. The van der Waals surface area contributed by atoms with Gasteiger partial charge in [-0.05, 0) is 19.3 Å². The second kappa shape index (κ2) is 5.89. The van der Waals surface area contributed by atoms with Crippen LogP contribution in [0.1, 0.15) is 57.8 Å². The number of ether oxygens (including phenoxy) is 1. The minimum Gasteiger partial charge on any atom is -0.368 e. The smallest absolute Gasteiger partial charge is 0.156 e. The number of H-pyrrole nitrogens is 1. The molecule has 3 rings (SSSR count). The van der Waals surface area contributed by atoms with Gasteiger partial charge in [-0.1, -0.05) is 32.9 Å². The third-order valence-corrected chi connectivity index (χ3v) is 4.27. The second-order valence-corrected chi connectivity index (χ2v) is 7.08. The fourth-order valence-electron chi connectivity index (χ4n) is 2.99. The molecule has 1 aliphatic carbocycles. The molecule has 0 aromatic carbocycles. The van der Waals surface area contributed by atoms with Crippen LogP contribution in [0.25, 0.3) is 0 Å². The standard InChI is InChI=1S/C16H26N4O/c1-16(2,3)15-17-14(18-19-15)13-11-20(9-10-21-13)12-7-5-4-6-8-12/h5,7,12-13H,4,6,8-11H2,1-3H3,(H,17,18,19). The Labute approximate surface area is 126 Å². The van der Waals surface area contributed by atoms with E-state index in [4.69, 9.17) is 4.74 Å². The van der Waals surface area contributed by atoms with Crippen molar-refractivity contribution in [2.45, 2.75) is 57.6 Å². The number of rotatable bonds is 2. The van der Waals surface area contributed by atoms with E-state index in [0.29, 0.717) is 6.04 Å². The van der Waals surface area contributed by atoms with Gasteiger partial charge in [0.1, 0.15) is 6.10 Å². The molecule has 5 heteroatoms. The molecule has 2 aliphatic rings. The van der Waals surface area contributed by atoms with Gasteiger partial charge in [-0.3, -0.25) is 10.00 Å². The summed E-state index contributed by atoms with van der Waals surface area (Å²) in [4.78, 5) is 7.17. The first kappa shape index (κ1) is 14.7. The van der Waals surface area contributed by atoms with Gasteiger partial charge in [0.2, 0.25) is 0 Å². The van der Waals surface area contributed by atoms with Crippen LogP contribution in [-0.4, -0.2) is 45.8 Å². The molecule has 0 spiro atoms. The van der Waals surface area contributed by atoms with Crippen molar-refractivity contribution in [1.29, 1.82) is 0 Å². The minimum absolute atomic E-state index is 0.0117. The van der Waals surface area contributed by atoms with Crippen molar-refractivity contribution in [3.05, 3.63) is 23.8 Å². The Kier molecular flexibility index (Phi) is 4.13. The van der Waals surface area contributed by atoms with Crippen LogP contribution in [0.15, 0.2) is 12.2 Å². The maximum atomic E-state index is 5.91. The molecule has 21 heavy (non-hydrogen) atoms. The molecule has 0 bridgehead atoms. The van der Waals surface area contributed by atoms with E-state index in [1.54, 1.807) is 0 Å². The van der Waals surface area contributed by atoms with E-state index in [-0.39, 0.29) is 11.5 Å². The van der Waals surface area contributed by atoms with E-state index < -0.39 is 0 Å². The summed E-state index contributed by atoms with van der Waals surface area (Å²) in [6.45, 7) is 9.04. The molecular formula is C16H26N4O. The highest BCUT2D eigenvalue weighted by atomic mass is 16.5. The fraction of sp³-hybridized carbons (Fsp3) is 0.750. The summed E-state index contributed by atoms with van der Waals surface area (Å²) in [7, 11) is 0. The summed E-state index contributed by atoms with van der Waals surface area (Å²) in [6, 6.07) is 0.565. The molecule has 5 nitrogen and oxygen atoms in total. The molecule has 1 aromatic rings. The van der Waals surface area contributed by atoms with Gasteiger partial charge >= 0.3 is 0 Å². The van der Waals surface area contributed by atoms with Crippen LogP contribution in [-0.2, 0) is 10.2 Å². The molecular weight excluding hydrogens is 264 g/mol. The largest absolute Gasteiger partial charge is 0.368 e. The topological polar surface area (TPSA) is 54.0 Å². The molecule has 1 saturated heterocycles. The van der Waals surface area contributed by atoms with Crippen LogP contribution in [0.5, 0.6) is 0 Å².